The van der Waals surface area contributed by atoms with Gasteiger partial charge in [-0.15, -0.1) is 0 Å². The third-order valence-electron chi connectivity index (χ3n) is 1.00. The molecule has 0 aromatic rings. The van der Waals surface area contributed by atoms with Gasteiger partial charge in [0.2, 0.25) is 0 Å². The molecule has 0 aromatic carbocycles. The number of carboxylic acids is 2. The van der Waals surface area contributed by atoms with E-state index in [0.29, 0.717) is 0 Å². The first-order valence-electron chi connectivity index (χ1n) is 2.55. The van der Waals surface area contributed by atoms with Gasteiger partial charge in [-0.3, -0.25) is 9.59 Å². The molecule has 0 fully saturated rings. The Labute approximate surface area is 122 Å². The number of hydrogen-bond donors (Lipinski definition) is 2. The SMILES string of the molecule is CCC(C(=O)O)C(=O)O.[H-].[H-].[K+].[Li+]. The molecule has 0 radical (unpaired) electrons. The molecule has 0 atom stereocenters. The summed E-state index contributed by atoms with van der Waals surface area (Å²) in [6.07, 6.45) is 0.130. The van der Waals surface area contributed by atoms with Crippen LogP contribution in [0.3, 0.4) is 0 Å². The summed E-state index contributed by atoms with van der Waals surface area (Å²) in [6.45, 7) is 1.52. The van der Waals surface area contributed by atoms with E-state index in [1.54, 1.807) is 0 Å². The zero-order valence-electron chi connectivity index (χ0n) is 9.00. The molecule has 0 aliphatic rings. The second-order valence-corrected chi connectivity index (χ2v) is 1.64. The number of hydrogen-bond acceptors (Lipinski definition) is 2. The van der Waals surface area contributed by atoms with Gasteiger partial charge < -0.3 is 13.1 Å². The number of rotatable bonds is 3. The third-order valence-corrected chi connectivity index (χ3v) is 1.00. The van der Waals surface area contributed by atoms with Crippen molar-refractivity contribution in [1.29, 1.82) is 0 Å². The van der Waals surface area contributed by atoms with Crippen molar-refractivity contribution in [2.24, 2.45) is 5.92 Å². The molecule has 2 N–H and O–H groups in total. The van der Waals surface area contributed by atoms with E-state index in [-0.39, 0.29) is 79.5 Å². The second kappa shape index (κ2) is 9.26. The fraction of sp³-hybridized carbons (Fsp3) is 0.600. The Balaban J connectivity index is -0.0000000533. The molecule has 0 amide bonds. The quantitative estimate of drug-likeness (QED) is 0.335. The maximum Gasteiger partial charge on any atom is 1.00 e. The van der Waals surface area contributed by atoms with Gasteiger partial charge in [-0.1, -0.05) is 6.92 Å². The van der Waals surface area contributed by atoms with Gasteiger partial charge in [-0.2, -0.15) is 0 Å². The molecule has 6 heteroatoms. The molecular formula is C5H10KLiO4. The molecule has 0 aliphatic carbocycles. The predicted molar refractivity (Wildman–Crippen MR) is 31.3 cm³/mol. The van der Waals surface area contributed by atoms with Crippen LogP contribution in [0, 0.1) is 5.92 Å². The van der Waals surface area contributed by atoms with Crippen molar-refractivity contribution in [2.75, 3.05) is 0 Å². The molecule has 0 saturated heterocycles. The van der Waals surface area contributed by atoms with Gasteiger partial charge >= 0.3 is 82.2 Å². The molecule has 0 aliphatic heterocycles. The Morgan fingerprint density at radius 1 is 1.36 bits per heavy atom. The van der Waals surface area contributed by atoms with Crippen molar-refractivity contribution in [2.45, 2.75) is 13.3 Å². The molecular weight excluding hydrogens is 170 g/mol. The normalized spacial score (nSPS) is 7.82. The maximum absolute atomic E-state index is 9.99. The molecule has 0 rings (SSSR count). The summed E-state index contributed by atoms with van der Waals surface area (Å²) in [7, 11) is 0. The smallest absolute Gasteiger partial charge is 1.00 e. The minimum atomic E-state index is -1.27. The van der Waals surface area contributed by atoms with E-state index in [9.17, 15) is 9.59 Å². The van der Waals surface area contributed by atoms with E-state index in [0.717, 1.165) is 0 Å². The summed E-state index contributed by atoms with van der Waals surface area (Å²) in [5.74, 6) is -3.79. The van der Waals surface area contributed by atoms with Gasteiger partial charge in [0.25, 0.3) is 0 Å². The van der Waals surface area contributed by atoms with Crippen LogP contribution in [0.2, 0.25) is 0 Å². The summed E-state index contributed by atoms with van der Waals surface area (Å²) in [6, 6.07) is 0. The van der Waals surface area contributed by atoms with Crippen molar-refractivity contribution in [1.82, 2.24) is 0 Å². The molecule has 0 unspecified atom stereocenters. The number of carbonyl (C=O) groups is 2. The van der Waals surface area contributed by atoms with Crippen LogP contribution in [-0.4, -0.2) is 22.2 Å². The topological polar surface area (TPSA) is 74.6 Å². The molecule has 11 heavy (non-hydrogen) atoms. The van der Waals surface area contributed by atoms with E-state index in [1.807, 2.05) is 0 Å². The van der Waals surface area contributed by atoms with Crippen LogP contribution >= 0.6 is 0 Å². The Morgan fingerprint density at radius 2 is 1.64 bits per heavy atom. The fourth-order valence-electron chi connectivity index (χ4n) is 0.455. The van der Waals surface area contributed by atoms with Crippen molar-refractivity contribution >= 4 is 11.9 Å². The molecule has 0 aromatic heterocycles. The van der Waals surface area contributed by atoms with E-state index in [4.69, 9.17) is 10.2 Å². The van der Waals surface area contributed by atoms with Crippen LogP contribution in [-0.2, 0) is 9.59 Å². The molecule has 4 nitrogen and oxygen atoms in total. The summed E-state index contributed by atoms with van der Waals surface area (Å²) >= 11 is 0. The van der Waals surface area contributed by atoms with Crippen molar-refractivity contribution in [3.05, 3.63) is 0 Å². The van der Waals surface area contributed by atoms with E-state index in [1.165, 1.54) is 6.92 Å². The van der Waals surface area contributed by atoms with Crippen LogP contribution in [0.5, 0.6) is 0 Å². The van der Waals surface area contributed by atoms with Crippen molar-refractivity contribution in [3.8, 4) is 0 Å². The summed E-state index contributed by atoms with van der Waals surface area (Å²) in [4.78, 5) is 20.0. The van der Waals surface area contributed by atoms with Crippen LogP contribution in [0.25, 0.3) is 0 Å². The van der Waals surface area contributed by atoms with Gasteiger partial charge in [-0.05, 0) is 6.42 Å². The third kappa shape index (κ3) is 7.53. The second-order valence-electron chi connectivity index (χ2n) is 1.64. The first-order chi connectivity index (χ1) is 4.09. The first kappa shape index (κ1) is 18.1. The Morgan fingerprint density at radius 3 is 1.64 bits per heavy atom. The van der Waals surface area contributed by atoms with E-state index in [2.05, 4.69) is 0 Å². The average Bonchev–Trinajstić information content (AvgIpc) is 1.64. The van der Waals surface area contributed by atoms with E-state index >= 15 is 0 Å². The minimum Gasteiger partial charge on any atom is -1.00 e. The average molecular weight is 180 g/mol. The zero-order chi connectivity index (χ0) is 7.44. The van der Waals surface area contributed by atoms with Crippen LogP contribution < -0.4 is 70.2 Å². The summed E-state index contributed by atoms with van der Waals surface area (Å²) in [5, 5.41) is 16.3. The van der Waals surface area contributed by atoms with Gasteiger partial charge in [0.05, 0.1) is 0 Å². The largest absolute Gasteiger partial charge is 1.00 e. The van der Waals surface area contributed by atoms with Crippen LogP contribution in [0.15, 0.2) is 0 Å². The van der Waals surface area contributed by atoms with Gasteiger partial charge in [0.15, 0.2) is 5.92 Å². The van der Waals surface area contributed by atoms with Crippen LogP contribution in [0.4, 0.5) is 0 Å². The van der Waals surface area contributed by atoms with Crippen molar-refractivity contribution in [3.63, 3.8) is 0 Å². The van der Waals surface area contributed by atoms with E-state index < -0.39 is 17.9 Å². The standard InChI is InChI=1S/C5H8O4.K.Li.2H/c1-2-3(4(6)7)5(8)9;;;;/h3H,2H2,1H3,(H,6,7)(H,8,9);;;;/q;2*+1;2*-1. The molecule has 0 bridgehead atoms. The molecule has 0 heterocycles. The van der Waals surface area contributed by atoms with Crippen molar-refractivity contribution < 1.29 is 92.9 Å². The number of carboxylic acid groups (broad SMARTS) is 2. The Bertz CT molecular complexity index is 132. The summed E-state index contributed by atoms with van der Waals surface area (Å²) < 4.78 is 0. The summed E-state index contributed by atoms with van der Waals surface area (Å²) in [5.41, 5.74) is 0. The minimum absolute atomic E-state index is 0. The molecule has 0 spiro atoms. The maximum atomic E-state index is 9.99. The predicted octanol–water partition coefficient (Wildman–Crippen LogP) is -5.59. The Kier molecular flexibility index (Phi) is 15.2. The van der Waals surface area contributed by atoms with Gasteiger partial charge in [0, 0.05) is 0 Å². The molecule has 56 valence electrons. The fourth-order valence-corrected chi connectivity index (χ4v) is 0.455. The van der Waals surface area contributed by atoms with Gasteiger partial charge in [0.1, 0.15) is 0 Å². The van der Waals surface area contributed by atoms with Gasteiger partial charge in [-0.25, -0.2) is 0 Å². The number of aliphatic carboxylic acids is 2. The Hall–Kier alpha value is 1.17. The monoisotopic (exact) mass is 180 g/mol. The zero-order valence-corrected chi connectivity index (χ0v) is 10.1. The molecule has 0 saturated carbocycles. The van der Waals surface area contributed by atoms with Crippen LogP contribution in [0.1, 0.15) is 16.2 Å². The first-order valence-corrected chi connectivity index (χ1v) is 2.55.